The zero-order valence-corrected chi connectivity index (χ0v) is 10.3. The van der Waals surface area contributed by atoms with Crippen molar-refractivity contribution >= 4 is 5.82 Å². The molecule has 1 rings (SSSR count). The van der Waals surface area contributed by atoms with Gasteiger partial charge in [0, 0.05) is 6.54 Å². The number of nitrogens with zero attached hydrogens (tertiary/aromatic N) is 1. The fourth-order valence-electron chi connectivity index (χ4n) is 1.63. The molecule has 0 fully saturated rings. The van der Waals surface area contributed by atoms with E-state index >= 15 is 0 Å². The Hall–Kier alpha value is -1.56. The Balaban J connectivity index is 2.68. The highest BCUT2D eigenvalue weighted by Gasteiger charge is 2.10. The summed E-state index contributed by atoms with van der Waals surface area (Å²) in [7, 11) is 1.45. The van der Waals surface area contributed by atoms with E-state index in [0.29, 0.717) is 18.3 Å². The summed E-state index contributed by atoms with van der Waals surface area (Å²) >= 11 is 0. The standard InChI is InChI=1S/C11H20N4O2/c1-3-8(4-5-12)6-13-10-9(17-2)11(16)15-7-14-10/h7-8H,3-6,12H2,1-2H3,(H2,13,14,15,16). The summed E-state index contributed by atoms with van der Waals surface area (Å²) in [5.74, 6) is 1.17. The van der Waals surface area contributed by atoms with E-state index in [0.717, 1.165) is 19.4 Å². The largest absolute Gasteiger partial charge is 0.489 e. The molecule has 0 saturated carbocycles. The Morgan fingerprint density at radius 1 is 1.65 bits per heavy atom. The topological polar surface area (TPSA) is 93.0 Å². The van der Waals surface area contributed by atoms with Crippen LogP contribution in [0.1, 0.15) is 19.8 Å². The predicted octanol–water partition coefficient (Wildman–Crippen LogP) is 0.565. The highest BCUT2D eigenvalue weighted by Crippen LogP contribution is 2.16. The van der Waals surface area contributed by atoms with E-state index < -0.39 is 0 Å². The van der Waals surface area contributed by atoms with Crippen molar-refractivity contribution in [1.29, 1.82) is 0 Å². The zero-order valence-electron chi connectivity index (χ0n) is 10.3. The van der Waals surface area contributed by atoms with E-state index in [2.05, 4.69) is 22.2 Å². The molecule has 0 bridgehead atoms. The number of nitrogens with two attached hydrogens (primary N) is 1. The maximum absolute atomic E-state index is 11.4. The summed E-state index contributed by atoms with van der Waals surface area (Å²) in [4.78, 5) is 18.0. The van der Waals surface area contributed by atoms with Gasteiger partial charge in [-0.1, -0.05) is 13.3 Å². The van der Waals surface area contributed by atoms with Crippen molar-refractivity contribution < 1.29 is 4.74 Å². The summed E-state index contributed by atoms with van der Waals surface area (Å²) < 4.78 is 5.01. The van der Waals surface area contributed by atoms with Crippen molar-refractivity contribution in [2.75, 3.05) is 25.5 Å². The summed E-state index contributed by atoms with van der Waals surface area (Å²) in [6, 6.07) is 0. The second-order valence-corrected chi connectivity index (χ2v) is 3.85. The van der Waals surface area contributed by atoms with Crippen molar-refractivity contribution in [3.8, 4) is 5.75 Å². The lowest BCUT2D eigenvalue weighted by Gasteiger charge is -2.15. The van der Waals surface area contributed by atoms with Gasteiger partial charge in [0.2, 0.25) is 5.75 Å². The number of hydrogen-bond acceptors (Lipinski definition) is 5. The third-order valence-electron chi connectivity index (χ3n) is 2.73. The highest BCUT2D eigenvalue weighted by atomic mass is 16.5. The van der Waals surface area contributed by atoms with E-state index in [-0.39, 0.29) is 11.3 Å². The van der Waals surface area contributed by atoms with E-state index in [1.807, 2.05) is 0 Å². The van der Waals surface area contributed by atoms with Gasteiger partial charge in [-0.25, -0.2) is 4.98 Å². The third-order valence-corrected chi connectivity index (χ3v) is 2.73. The summed E-state index contributed by atoms with van der Waals surface area (Å²) in [5.41, 5.74) is 5.25. The number of anilines is 1. The molecule has 1 aromatic rings. The van der Waals surface area contributed by atoms with Crippen molar-refractivity contribution in [1.82, 2.24) is 9.97 Å². The van der Waals surface area contributed by atoms with Crippen LogP contribution < -0.4 is 21.3 Å². The van der Waals surface area contributed by atoms with Gasteiger partial charge in [-0.15, -0.1) is 0 Å². The molecule has 1 atom stereocenters. The first-order valence-corrected chi connectivity index (χ1v) is 5.78. The molecule has 1 aromatic heterocycles. The summed E-state index contributed by atoms with van der Waals surface area (Å²) in [6.45, 7) is 3.52. The Bertz CT molecular complexity index is 391. The molecule has 1 unspecified atom stereocenters. The Morgan fingerprint density at radius 2 is 2.41 bits per heavy atom. The van der Waals surface area contributed by atoms with Gasteiger partial charge in [-0.05, 0) is 18.9 Å². The minimum Gasteiger partial charge on any atom is -0.489 e. The quantitative estimate of drug-likeness (QED) is 0.647. The Kier molecular flexibility index (Phi) is 5.48. The zero-order chi connectivity index (χ0) is 12.7. The van der Waals surface area contributed by atoms with Crippen LogP contribution in [0, 0.1) is 5.92 Å². The minimum atomic E-state index is -0.281. The second kappa shape index (κ2) is 6.90. The molecule has 0 spiro atoms. The molecular weight excluding hydrogens is 220 g/mol. The molecule has 17 heavy (non-hydrogen) atoms. The van der Waals surface area contributed by atoms with Crippen LogP contribution in [0.3, 0.4) is 0 Å². The monoisotopic (exact) mass is 240 g/mol. The lowest BCUT2D eigenvalue weighted by atomic mass is 10.0. The molecule has 0 aliphatic carbocycles. The van der Waals surface area contributed by atoms with Gasteiger partial charge in [-0.2, -0.15) is 0 Å². The maximum Gasteiger partial charge on any atom is 0.295 e. The maximum atomic E-state index is 11.4. The molecule has 0 aliphatic rings. The molecular formula is C11H20N4O2. The van der Waals surface area contributed by atoms with E-state index in [1.165, 1.54) is 13.4 Å². The first kappa shape index (κ1) is 13.5. The van der Waals surface area contributed by atoms with Crippen LogP contribution >= 0.6 is 0 Å². The summed E-state index contributed by atoms with van der Waals surface area (Å²) in [6.07, 6.45) is 3.35. The number of aromatic nitrogens is 2. The summed E-state index contributed by atoms with van der Waals surface area (Å²) in [5, 5.41) is 3.13. The van der Waals surface area contributed by atoms with Gasteiger partial charge in [0.15, 0.2) is 5.82 Å². The molecule has 0 aliphatic heterocycles. The molecule has 0 aromatic carbocycles. The first-order valence-electron chi connectivity index (χ1n) is 5.78. The number of H-pyrrole nitrogens is 1. The number of methoxy groups -OCH3 is 1. The van der Waals surface area contributed by atoms with Crippen molar-refractivity contribution in [2.24, 2.45) is 11.7 Å². The molecule has 1 heterocycles. The van der Waals surface area contributed by atoms with E-state index in [9.17, 15) is 4.79 Å². The molecule has 4 N–H and O–H groups in total. The van der Waals surface area contributed by atoms with Gasteiger partial charge in [0.25, 0.3) is 5.56 Å². The van der Waals surface area contributed by atoms with Crippen LogP contribution in [0.5, 0.6) is 5.75 Å². The van der Waals surface area contributed by atoms with Crippen LogP contribution in [0.2, 0.25) is 0 Å². The minimum absolute atomic E-state index is 0.218. The fraction of sp³-hybridized carbons (Fsp3) is 0.636. The van der Waals surface area contributed by atoms with Crippen LogP contribution in [0.15, 0.2) is 11.1 Å². The SMILES string of the molecule is CCC(CCN)CNc1nc[nH]c(=O)c1OC. The molecule has 0 saturated heterocycles. The third kappa shape index (κ3) is 3.74. The number of nitrogens with one attached hydrogen (secondary N) is 2. The second-order valence-electron chi connectivity index (χ2n) is 3.85. The van der Waals surface area contributed by atoms with E-state index in [1.54, 1.807) is 0 Å². The first-order chi connectivity index (χ1) is 8.22. The average molecular weight is 240 g/mol. The number of aromatic amines is 1. The van der Waals surface area contributed by atoms with Crippen molar-refractivity contribution in [3.63, 3.8) is 0 Å². The van der Waals surface area contributed by atoms with Crippen molar-refractivity contribution in [2.45, 2.75) is 19.8 Å². The molecule has 6 heteroatoms. The molecule has 6 nitrogen and oxygen atoms in total. The van der Waals surface area contributed by atoms with Gasteiger partial charge in [-0.3, -0.25) is 4.79 Å². The van der Waals surface area contributed by atoms with Crippen LogP contribution in [0.25, 0.3) is 0 Å². The van der Waals surface area contributed by atoms with Crippen LogP contribution in [-0.2, 0) is 0 Å². The van der Waals surface area contributed by atoms with Crippen LogP contribution in [0.4, 0.5) is 5.82 Å². The van der Waals surface area contributed by atoms with Gasteiger partial charge in [0.1, 0.15) is 0 Å². The Labute approximate surface area is 101 Å². The fourth-order valence-corrected chi connectivity index (χ4v) is 1.63. The molecule has 0 amide bonds. The number of hydrogen-bond donors (Lipinski definition) is 3. The lowest BCUT2D eigenvalue weighted by molar-refractivity contribution is 0.407. The number of ether oxygens (including phenoxy) is 1. The predicted molar refractivity (Wildman–Crippen MR) is 67.4 cm³/mol. The van der Waals surface area contributed by atoms with Gasteiger partial charge >= 0.3 is 0 Å². The molecule has 0 radical (unpaired) electrons. The van der Waals surface area contributed by atoms with Crippen molar-refractivity contribution in [3.05, 3.63) is 16.7 Å². The van der Waals surface area contributed by atoms with Gasteiger partial charge in [0.05, 0.1) is 13.4 Å². The van der Waals surface area contributed by atoms with Gasteiger partial charge < -0.3 is 20.8 Å². The number of rotatable bonds is 7. The average Bonchev–Trinajstić information content (AvgIpc) is 2.34. The van der Waals surface area contributed by atoms with E-state index in [4.69, 9.17) is 10.5 Å². The normalized spacial score (nSPS) is 12.2. The van der Waals surface area contributed by atoms with Crippen LogP contribution in [-0.4, -0.2) is 30.2 Å². The Morgan fingerprint density at radius 3 is 3.00 bits per heavy atom. The molecule has 96 valence electrons. The smallest absolute Gasteiger partial charge is 0.295 e. The highest BCUT2D eigenvalue weighted by molar-refractivity contribution is 5.47. The lowest BCUT2D eigenvalue weighted by Crippen LogP contribution is -2.20.